The van der Waals surface area contributed by atoms with E-state index in [4.69, 9.17) is 9.47 Å². The Balaban J connectivity index is 1.31. The molecule has 5 fully saturated rings. The number of allylic oxidation sites excluding steroid dienone is 1. The van der Waals surface area contributed by atoms with E-state index in [1.54, 1.807) is 0 Å². The molecular formula is C28H42O4. The highest BCUT2D eigenvalue weighted by Gasteiger charge is 2.70. The first-order valence-corrected chi connectivity index (χ1v) is 13.3. The van der Waals surface area contributed by atoms with Gasteiger partial charge in [0.25, 0.3) is 0 Å². The zero-order chi connectivity index (χ0) is 22.7. The normalized spacial score (nSPS) is 61.2. The van der Waals surface area contributed by atoms with E-state index in [-0.39, 0.29) is 22.9 Å². The number of fused-ring (bicyclic) bond motifs is 7. The largest absolute Gasteiger partial charge is 0.386 e. The lowest BCUT2D eigenvalue weighted by Crippen LogP contribution is -2.58. The number of carbonyl (C=O) groups is 1. The molecule has 32 heavy (non-hydrogen) atoms. The molecule has 0 aromatic carbocycles. The summed E-state index contributed by atoms with van der Waals surface area (Å²) in [5.41, 5.74) is -0.828. The molecule has 4 heteroatoms. The number of carbonyl (C=O) groups excluding carboxylic acids is 1. The van der Waals surface area contributed by atoms with E-state index < -0.39 is 11.4 Å². The van der Waals surface area contributed by atoms with Gasteiger partial charge in [0.1, 0.15) is 5.78 Å². The lowest BCUT2D eigenvalue weighted by Gasteiger charge is -2.59. The Bertz CT molecular complexity index is 838. The van der Waals surface area contributed by atoms with Crippen molar-refractivity contribution in [2.24, 2.45) is 52.3 Å². The van der Waals surface area contributed by atoms with Crippen molar-refractivity contribution in [2.75, 3.05) is 6.61 Å². The number of Topliss-reactive ketones (excluding diaryl/α,β-unsaturated/α-hetero) is 1. The third-order valence-corrected chi connectivity index (χ3v) is 11.4. The second-order valence-corrected chi connectivity index (χ2v) is 13.4. The van der Waals surface area contributed by atoms with Crippen LogP contribution in [0.4, 0.5) is 0 Å². The number of rotatable bonds is 0. The van der Waals surface area contributed by atoms with Crippen LogP contribution in [0.3, 0.4) is 0 Å². The van der Waals surface area contributed by atoms with Crippen molar-refractivity contribution >= 4 is 5.78 Å². The van der Waals surface area contributed by atoms with E-state index in [9.17, 15) is 9.90 Å². The van der Waals surface area contributed by atoms with Gasteiger partial charge in [-0.3, -0.25) is 4.79 Å². The molecule has 6 rings (SSSR count). The van der Waals surface area contributed by atoms with Crippen LogP contribution in [-0.4, -0.2) is 35.0 Å². The highest BCUT2D eigenvalue weighted by molar-refractivity contribution is 5.84. The van der Waals surface area contributed by atoms with Crippen LogP contribution in [-0.2, 0) is 14.3 Å². The number of hydrogen-bond donors (Lipinski definition) is 1. The van der Waals surface area contributed by atoms with Crippen LogP contribution in [0.25, 0.3) is 0 Å². The van der Waals surface area contributed by atoms with Gasteiger partial charge in [-0.05, 0) is 79.4 Å². The van der Waals surface area contributed by atoms with Crippen LogP contribution >= 0.6 is 0 Å². The van der Waals surface area contributed by atoms with Crippen LogP contribution in [0.5, 0.6) is 0 Å². The Morgan fingerprint density at radius 1 is 1.16 bits per heavy atom. The maximum Gasteiger partial charge on any atom is 0.171 e. The highest BCUT2D eigenvalue weighted by Crippen LogP contribution is 2.70. The lowest BCUT2D eigenvalue weighted by atomic mass is 9.45. The molecule has 178 valence electrons. The summed E-state index contributed by atoms with van der Waals surface area (Å²) in [5.74, 6) is 2.91. The van der Waals surface area contributed by atoms with Crippen molar-refractivity contribution in [3.8, 4) is 0 Å². The van der Waals surface area contributed by atoms with Crippen molar-refractivity contribution in [3.63, 3.8) is 0 Å². The van der Waals surface area contributed by atoms with Crippen LogP contribution in [0.2, 0.25) is 0 Å². The summed E-state index contributed by atoms with van der Waals surface area (Å²) in [6, 6.07) is 0. The standard InChI is InChI=1S/C28H42O4/c1-16-8-9-28(31-15-16)17(2)23-22(32-28)12-20-19-7-6-18-13-25(3,30)10-11-26(18,4)24(19)21(29)14-27(20,23)5/h10-11,16-20,22-24,30H,6-9,12-15H2,1-5H3/t16-,17+,18+,19+,20+,22+,23+,24-,25+,26+,27+,28-/m1/s1/i3+2. The molecule has 12 atom stereocenters. The minimum atomic E-state index is -0.733. The number of hydrogen-bond acceptors (Lipinski definition) is 4. The third-order valence-electron chi connectivity index (χ3n) is 11.4. The van der Waals surface area contributed by atoms with Gasteiger partial charge < -0.3 is 14.6 Å². The Hall–Kier alpha value is -0.710. The average molecular weight is 445 g/mol. The summed E-state index contributed by atoms with van der Waals surface area (Å²) in [6.07, 6.45) is 11.4. The molecule has 1 N–H and O–H groups in total. The van der Waals surface area contributed by atoms with Crippen molar-refractivity contribution < 1.29 is 19.4 Å². The Labute approximate surface area is 193 Å². The van der Waals surface area contributed by atoms with Gasteiger partial charge in [0, 0.05) is 24.7 Å². The van der Waals surface area contributed by atoms with Crippen LogP contribution in [0.15, 0.2) is 12.2 Å². The van der Waals surface area contributed by atoms with E-state index in [1.807, 2.05) is 13.0 Å². The van der Waals surface area contributed by atoms with Gasteiger partial charge in [-0.2, -0.15) is 0 Å². The second kappa shape index (κ2) is 6.70. The van der Waals surface area contributed by atoms with E-state index in [0.29, 0.717) is 47.7 Å². The molecule has 4 nitrogen and oxygen atoms in total. The zero-order valence-corrected chi connectivity index (χ0v) is 20.6. The fraction of sp³-hybridized carbons (Fsp3) is 0.893. The smallest absolute Gasteiger partial charge is 0.171 e. The number of ketones is 1. The molecule has 2 saturated heterocycles. The molecule has 0 aromatic rings. The van der Waals surface area contributed by atoms with Gasteiger partial charge >= 0.3 is 0 Å². The molecule has 0 bridgehead atoms. The minimum Gasteiger partial charge on any atom is -0.386 e. The molecule has 6 aliphatic rings. The van der Waals surface area contributed by atoms with Crippen molar-refractivity contribution in [3.05, 3.63) is 12.2 Å². The fourth-order valence-electron chi connectivity index (χ4n) is 9.82. The summed E-state index contributed by atoms with van der Waals surface area (Å²) in [4.78, 5) is 13.9. The van der Waals surface area contributed by atoms with Crippen LogP contribution in [0.1, 0.15) is 79.6 Å². The average Bonchev–Trinajstić information content (AvgIpc) is 3.15. The summed E-state index contributed by atoms with van der Waals surface area (Å²) in [7, 11) is 0. The number of aliphatic hydroxyl groups is 1. The second-order valence-electron chi connectivity index (χ2n) is 13.4. The molecule has 1 spiro atoms. The zero-order valence-electron chi connectivity index (χ0n) is 20.6. The molecule has 2 heterocycles. The monoisotopic (exact) mass is 444 g/mol. The first-order chi connectivity index (χ1) is 15.0. The SMILES string of the molecule is C[C@@H]1CC[C@@]2(OC1)O[C@H]1C[C@H]3[C@@H]4CC[C@H]5C[C@@]([14CH3])(O)C=C[C@]5(C)[C@H]4C(=O)C[C@]3(C)[C@H]1[C@@H]2C. The van der Waals surface area contributed by atoms with Gasteiger partial charge in [-0.25, -0.2) is 0 Å². The van der Waals surface area contributed by atoms with E-state index >= 15 is 0 Å². The van der Waals surface area contributed by atoms with Crippen LogP contribution in [0, 0.1) is 52.3 Å². The molecule has 0 unspecified atom stereocenters. The molecule has 0 aromatic heterocycles. The molecule has 2 aliphatic heterocycles. The van der Waals surface area contributed by atoms with Crippen molar-refractivity contribution in [2.45, 2.75) is 97.1 Å². The van der Waals surface area contributed by atoms with Gasteiger partial charge in [0.15, 0.2) is 5.79 Å². The molecule has 3 saturated carbocycles. The molecule has 4 aliphatic carbocycles. The van der Waals surface area contributed by atoms with Gasteiger partial charge in [0.2, 0.25) is 0 Å². The van der Waals surface area contributed by atoms with E-state index in [0.717, 1.165) is 38.7 Å². The molecule has 0 radical (unpaired) electrons. The quantitative estimate of drug-likeness (QED) is 0.526. The van der Waals surface area contributed by atoms with Crippen molar-refractivity contribution in [1.82, 2.24) is 0 Å². The maximum absolute atomic E-state index is 13.9. The van der Waals surface area contributed by atoms with Gasteiger partial charge in [0.05, 0.1) is 18.3 Å². The van der Waals surface area contributed by atoms with Gasteiger partial charge in [-0.15, -0.1) is 0 Å². The summed E-state index contributed by atoms with van der Waals surface area (Å²) in [5, 5.41) is 10.7. The van der Waals surface area contributed by atoms with E-state index in [1.165, 1.54) is 6.42 Å². The third kappa shape index (κ3) is 2.75. The minimum absolute atomic E-state index is 0.0192. The lowest BCUT2D eigenvalue weighted by molar-refractivity contribution is -0.272. The predicted molar refractivity (Wildman–Crippen MR) is 123 cm³/mol. The fourth-order valence-corrected chi connectivity index (χ4v) is 9.82. The molecule has 0 amide bonds. The molecular weight excluding hydrogens is 402 g/mol. The van der Waals surface area contributed by atoms with Crippen LogP contribution < -0.4 is 0 Å². The summed E-state index contributed by atoms with van der Waals surface area (Å²) in [6.45, 7) is 12.0. The Kier molecular flexibility index (Phi) is 4.56. The van der Waals surface area contributed by atoms with E-state index in [2.05, 4.69) is 33.8 Å². The predicted octanol–water partition coefficient (Wildman–Crippen LogP) is 5.14. The summed E-state index contributed by atoms with van der Waals surface area (Å²) < 4.78 is 13.2. The van der Waals surface area contributed by atoms with Crippen molar-refractivity contribution in [1.29, 1.82) is 0 Å². The maximum atomic E-state index is 13.9. The highest BCUT2D eigenvalue weighted by atomic mass is 16.7. The summed E-state index contributed by atoms with van der Waals surface area (Å²) >= 11 is 0. The number of ether oxygens (including phenoxy) is 2. The Morgan fingerprint density at radius 2 is 1.94 bits per heavy atom. The first kappa shape index (κ1) is 21.8. The Morgan fingerprint density at radius 3 is 2.66 bits per heavy atom. The topological polar surface area (TPSA) is 55.8 Å². The first-order valence-electron chi connectivity index (χ1n) is 13.3. The van der Waals surface area contributed by atoms with Gasteiger partial charge in [-0.1, -0.05) is 39.8 Å².